The van der Waals surface area contributed by atoms with E-state index in [1.807, 2.05) is 36.4 Å². The van der Waals surface area contributed by atoms with Crippen LogP contribution in [0, 0.1) is 0 Å². The van der Waals surface area contributed by atoms with Gasteiger partial charge >= 0.3 is 0 Å². The number of carbonyl (C=O) groups is 1. The van der Waals surface area contributed by atoms with Crippen LogP contribution in [0.1, 0.15) is 24.9 Å². The molecule has 1 heterocycles. The summed E-state index contributed by atoms with van der Waals surface area (Å²) in [6, 6.07) is 15.2. The van der Waals surface area contributed by atoms with Gasteiger partial charge in [-0.2, -0.15) is 0 Å². The number of para-hydroxylation sites is 1. The summed E-state index contributed by atoms with van der Waals surface area (Å²) < 4.78 is 11.3. The molecule has 4 N–H and O–H groups in total. The van der Waals surface area contributed by atoms with Crippen LogP contribution in [-0.4, -0.2) is 31.6 Å². The van der Waals surface area contributed by atoms with Gasteiger partial charge in [0.25, 0.3) is 0 Å². The van der Waals surface area contributed by atoms with Crippen LogP contribution in [0.5, 0.6) is 11.5 Å². The molecular formula is C20H24N4O3. The van der Waals surface area contributed by atoms with Crippen LogP contribution in [0.15, 0.2) is 53.5 Å². The van der Waals surface area contributed by atoms with Crippen molar-refractivity contribution >= 4 is 17.6 Å². The zero-order chi connectivity index (χ0) is 19.1. The maximum Gasteiger partial charge on any atom is 0.221 e. The molecule has 0 radical (unpaired) electrons. The first-order valence-electron chi connectivity index (χ1n) is 8.90. The number of fused-ring (bicyclic) bond motifs is 1. The van der Waals surface area contributed by atoms with Crippen molar-refractivity contribution in [3.63, 3.8) is 0 Å². The lowest BCUT2D eigenvalue weighted by Gasteiger charge is -2.26. The molecule has 1 aliphatic heterocycles. The predicted octanol–water partition coefficient (Wildman–Crippen LogP) is 2.45. The third-order valence-electron chi connectivity index (χ3n) is 4.08. The number of benzene rings is 2. The lowest BCUT2D eigenvalue weighted by atomic mass is 10.0. The first-order chi connectivity index (χ1) is 13.1. The summed E-state index contributed by atoms with van der Waals surface area (Å²) >= 11 is 0. The van der Waals surface area contributed by atoms with Gasteiger partial charge in [-0.25, -0.2) is 4.99 Å². The molecule has 0 aromatic heterocycles. The molecule has 7 nitrogen and oxygen atoms in total. The summed E-state index contributed by atoms with van der Waals surface area (Å²) in [6.45, 7) is 2.93. The minimum absolute atomic E-state index is 0.0916. The van der Waals surface area contributed by atoms with E-state index in [4.69, 9.17) is 15.2 Å². The van der Waals surface area contributed by atoms with E-state index in [1.165, 1.54) is 6.92 Å². The van der Waals surface area contributed by atoms with Gasteiger partial charge in [-0.1, -0.05) is 24.3 Å². The SMILES string of the molecule is CC(=O)Nc1cccc(OCCN=C(N)NC2CCOc3ccccc32)c1. The summed E-state index contributed by atoms with van der Waals surface area (Å²) in [6.07, 6.45) is 0.833. The van der Waals surface area contributed by atoms with Crippen molar-refractivity contribution in [2.45, 2.75) is 19.4 Å². The Hall–Kier alpha value is -3.22. The van der Waals surface area contributed by atoms with Gasteiger partial charge in [0.05, 0.1) is 19.2 Å². The minimum atomic E-state index is -0.120. The van der Waals surface area contributed by atoms with Gasteiger partial charge in [0.15, 0.2) is 5.96 Å². The van der Waals surface area contributed by atoms with Gasteiger partial charge < -0.3 is 25.8 Å². The van der Waals surface area contributed by atoms with Crippen LogP contribution in [0.3, 0.4) is 0 Å². The number of amides is 1. The van der Waals surface area contributed by atoms with E-state index in [1.54, 1.807) is 12.1 Å². The van der Waals surface area contributed by atoms with Crippen molar-refractivity contribution in [1.29, 1.82) is 0 Å². The first-order valence-corrected chi connectivity index (χ1v) is 8.90. The Morgan fingerprint density at radius 3 is 3.00 bits per heavy atom. The smallest absolute Gasteiger partial charge is 0.221 e. The normalized spacial score (nSPS) is 16.0. The molecule has 1 unspecified atom stereocenters. The highest BCUT2D eigenvalue weighted by Gasteiger charge is 2.21. The Bertz CT molecular complexity index is 822. The lowest BCUT2D eigenvalue weighted by Crippen LogP contribution is -2.37. The molecule has 2 aromatic carbocycles. The number of aliphatic imine (C=N–C) groups is 1. The fraction of sp³-hybridized carbons (Fsp3) is 0.300. The van der Waals surface area contributed by atoms with Gasteiger partial charge in [-0.3, -0.25) is 4.79 Å². The van der Waals surface area contributed by atoms with Crippen LogP contribution in [0.25, 0.3) is 0 Å². The maximum absolute atomic E-state index is 11.1. The van der Waals surface area contributed by atoms with E-state index >= 15 is 0 Å². The second-order valence-electron chi connectivity index (χ2n) is 6.20. The number of hydrogen-bond donors (Lipinski definition) is 3. The first kappa shape index (κ1) is 18.6. The third kappa shape index (κ3) is 5.37. The largest absolute Gasteiger partial charge is 0.493 e. The van der Waals surface area contributed by atoms with E-state index in [9.17, 15) is 4.79 Å². The van der Waals surface area contributed by atoms with Crippen LogP contribution >= 0.6 is 0 Å². The van der Waals surface area contributed by atoms with Crippen LogP contribution in [0.4, 0.5) is 5.69 Å². The Labute approximate surface area is 158 Å². The quantitative estimate of drug-likeness (QED) is 0.413. The third-order valence-corrected chi connectivity index (χ3v) is 4.08. The number of nitrogens with zero attached hydrogens (tertiary/aromatic N) is 1. The predicted molar refractivity (Wildman–Crippen MR) is 105 cm³/mol. The van der Waals surface area contributed by atoms with Crippen molar-refractivity contribution in [2.24, 2.45) is 10.7 Å². The van der Waals surface area contributed by atoms with Gasteiger partial charge in [0, 0.05) is 30.7 Å². The van der Waals surface area contributed by atoms with Gasteiger partial charge in [0.2, 0.25) is 5.91 Å². The van der Waals surface area contributed by atoms with E-state index in [-0.39, 0.29) is 11.9 Å². The van der Waals surface area contributed by atoms with Crippen molar-refractivity contribution in [2.75, 3.05) is 25.1 Å². The standard InChI is InChI=1S/C20H24N4O3/c1-14(25)23-15-5-4-6-16(13-15)26-12-10-22-20(21)24-18-9-11-27-19-8-3-2-7-17(18)19/h2-8,13,18H,9-12H2,1H3,(H,23,25)(H3,21,22,24). The van der Waals surface area contributed by atoms with Crippen molar-refractivity contribution in [1.82, 2.24) is 5.32 Å². The lowest BCUT2D eigenvalue weighted by molar-refractivity contribution is -0.114. The highest BCUT2D eigenvalue weighted by Crippen LogP contribution is 2.31. The molecule has 142 valence electrons. The topological polar surface area (TPSA) is 98.0 Å². The number of hydrogen-bond acceptors (Lipinski definition) is 4. The van der Waals surface area contributed by atoms with Gasteiger partial charge in [-0.15, -0.1) is 0 Å². The second kappa shape index (κ2) is 8.93. The molecule has 0 fully saturated rings. The van der Waals surface area contributed by atoms with E-state index in [2.05, 4.69) is 15.6 Å². The summed E-state index contributed by atoms with van der Waals surface area (Å²) in [5, 5.41) is 5.97. The Morgan fingerprint density at radius 1 is 1.30 bits per heavy atom. The van der Waals surface area contributed by atoms with Crippen molar-refractivity contribution in [3.05, 3.63) is 54.1 Å². The minimum Gasteiger partial charge on any atom is -0.493 e. The number of nitrogens with two attached hydrogens (primary N) is 1. The second-order valence-corrected chi connectivity index (χ2v) is 6.20. The van der Waals surface area contributed by atoms with Crippen LogP contribution < -0.4 is 25.8 Å². The molecule has 1 atom stereocenters. The summed E-state index contributed by atoms with van der Waals surface area (Å²) in [5.74, 6) is 1.82. The molecule has 0 saturated heterocycles. The van der Waals surface area contributed by atoms with Crippen molar-refractivity contribution < 1.29 is 14.3 Å². The molecule has 7 heteroatoms. The van der Waals surface area contributed by atoms with E-state index in [0.29, 0.717) is 37.2 Å². The molecule has 0 aliphatic carbocycles. The molecule has 1 aliphatic rings. The molecule has 0 bridgehead atoms. The Morgan fingerprint density at radius 2 is 2.15 bits per heavy atom. The molecule has 0 spiro atoms. The monoisotopic (exact) mass is 368 g/mol. The van der Waals surface area contributed by atoms with Gasteiger partial charge in [0.1, 0.15) is 18.1 Å². The Kier molecular flexibility index (Phi) is 6.14. The Balaban J connectivity index is 1.48. The highest BCUT2D eigenvalue weighted by atomic mass is 16.5. The van der Waals surface area contributed by atoms with E-state index < -0.39 is 0 Å². The molecule has 3 rings (SSSR count). The van der Waals surface area contributed by atoms with Crippen LogP contribution in [0.2, 0.25) is 0 Å². The number of rotatable bonds is 6. The molecule has 1 amide bonds. The average Bonchev–Trinajstić information content (AvgIpc) is 2.65. The fourth-order valence-corrected chi connectivity index (χ4v) is 2.91. The zero-order valence-corrected chi connectivity index (χ0v) is 15.3. The number of carbonyl (C=O) groups excluding carboxylic acids is 1. The fourth-order valence-electron chi connectivity index (χ4n) is 2.91. The number of ether oxygens (including phenoxy) is 2. The average molecular weight is 368 g/mol. The molecule has 0 saturated carbocycles. The number of guanidine groups is 1. The zero-order valence-electron chi connectivity index (χ0n) is 15.3. The molecular weight excluding hydrogens is 344 g/mol. The molecule has 2 aromatic rings. The summed E-state index contributed by atoms with van der Waals surface area (Å²) in [4.78, 5) is 15.4. The maximum atomic E-state index is 11.1. The van der Waals surface area contributed by atoms with Gasteiger partial charge in [-0.05, 0) is 18.2 Å². The number of nitrogens with one attached hydrogen (secondary N) is 2. The number of anilines is 1. The van der Waals surface area contributed by atoms with Crippen molar-refractivity contribution in [3.8, 4) is 11.5 Å². The highest BCUT2D eigenvalue weighted by molar-refractivity contribution is 5.88. The van der Waals surface area contributed by atoms with E-state index in [0.717, 1.165) is 17.7 Å². The summed E-state index contributed by atoms with van der Waals surface area (Å²) in [5.41, 5.74) is 7.80. The molecule has 27 heavy (non-hydrogen) atoms. The van der Waals surface area contributed by atoms with Crippen LogP contribution in [-0.2, 0) is 4.79 Å². The summed E-state index contributed by atoms with van der Waals surface area (Å²) in [7, 11) is 0.